The zero-order valence-electron chi connectivity index (χ0n) is 22.7. The zero-order valence-corrected chi connectivity index (χ0v) is 22.5. The minimum absolute atomic E-state index is 0.0582. The number of pyridine rings is 2. The van der Waals surface area contributed by atoms with Gasteiger partial charge in [0.05, 0.1) is 40.9 Å². The Kier molecular flexibility index (Phi) is 6.78. The highest BCUT2D eigenvalue weighted by atomic mass is 35.5. The Labute approximate surface area is 238 Å². The summed E-state index contributed by atoms with van der Waals surface area (Å²) in [5.41, 5.74) is 10.3. The number of fused-ring (bicyclic) bond motifs is 1. The van der Waals surface area contributed by atoms with Crippen molar-refractivity contribution in [1.82, 2.24) is 25.9 Å². The Balaban J connectivity index is 1.44. The minimum Gasteiger partial charge on any atom is -0.377 e. The number of aromatic nitrogens is 2. The molecule has 0 saturated heterocycles. The van der Waals surface area contributed by atoms with E-state index < -0.39 is 12.0 Å². The van der Waals surface area contributed by atoms with E-state index in [0.29, 0.717) is 50.2 Å². The molecule has 3 heterocycles. The molecule has 0 radical (unpaired) electrons. The number of nitriles is 1. The van der Waals surface area contributed by atoms with Crippen molar-refractivity contribution in [3.63, 3.8) is 0 Å². The Bertz CT molecular complexity index is 1660. The summed E-state index contributed by atoms with van der Waals surface area (Å²) in [5, 5.41) is 19.8. The van der Waals surface area contributed by atoms with E-state index in [0.717, 1.165) is 24.8 Å². The van der Waals surface area contributed by atoms with Crippen LogP contribution in [0.2, 0.25) is 5.02 Å². The van der Waals surface area contributed by atoms with E-state index >= 15 is 0 Å². The fraction of sp³-hybridized carbons (Fsp3) is 0.233. The number of nitrogens with zero attached hydrogens (tertiary/aromatic N) is 4. The SMILES string of the molecule is [2H][C@](Nc1cc(Cl)c2ncc(C#N)c(N[C@H](CC)c3ccccc3)c2c1)(C1=CN(C2CC2)NN1)c1ccc(F)nc1. The molecule has 1 aliphatic carbocycles. The molecule has 2 atom stereocenters. The van der Waals surface area contributed by atoms with E-state index in [1.807, 2.05) is 47.6 Å². The first kappa shape index (κ1) is 24.6. The normalized spacial score (nSPS) is 17.3. The molecule has 4 N–H and O–H groups in total. The van der Waals surface area contributed by atoms with Gasteiger partial charge >= 0.3 is 0 Å². The van der Waals surface area contributed by atoms with Crippen LogP contribution in [0.4, 0.5) is 15.8 Å². The number of hydrazine groups is 2. The summed E-state index contributed by atoms with van der Waals surface area (Å²) in [5.74, 6) is -0.634. The van der Waals surface area contributed by atoms with Crippen molar-refractivity contribution in [2.45, 2.75) is 44.3 Å². The molecule has 1 saturated carbocycles. The minimum atomic E-state index is -1.59. The second kappa shape index (κ2) is 11.0. The van der Waals surface area contributed by atoms with Crippen LogP contribution in [-0.2, 0) is 0 Å². The van der Waals surface area contributed by atoms with Crippen LogP contribution in [0.3, 0.4) is 0 Å². The van der Waals surface area contributed by atoms with Gasteiger partial charge in [0.15, 0.2) is 0 Å². The number of hydrogen-bond acceptors (Lipinski definition) is 8. The summed E-state index contributed by atoms with van der Waals surface area (Å²) in [6.07, 6.45) is 7.60. The molecule has 0 spiro atoms. The topological polar surface area (TPSA) is 101 Å². The molecule has 10 heteroatoms. The fourth-order valence-corrected chi connectivity index (χ4v) is 5.09. The molecule has 40 heavy (non-hydrogen) atoms. The van der Waals surface area contributed by atoms with Crippen LogP contribution in [0, 0.1) is 17.3 Å². The first-order chi connectivity index (χ1) is 19.9. The van der Waals surface area contributed by atoms with Crippen LogP contribution in [0.5, 0.6) is 0 Å². The molecular weight excluding hydrogens is 527 g/mol. The number of nitrogens with one attached hydrogen (secondary N) is 4. The van der Waals surface area contributed by atoms with Crippen molar-refractivity contribution in [2.75, 3.05) is 10.6 Å². The zero-order chi connectivity index (χ0) is 28.6. The summed E-state index contributed by atoms with van der Waals surface area (Å²) in [6.45, 7) is 2.08. The number of rotatable bonds is 9. The van der Waals surface area contributed by atoms with Gasteiger partial charge < -0.3 is 16.1 Å². The predicted molar refractivity (Wildman–Crippen MR) is 154 cm³/mol. The van der Waals surface area contributed by atoms with Gasteiger partial charge in [-0.3, -0.25) is 9.99 Å². The first-order valence-electron chi connectivity index (χ1n) is 13.7. The highest BCUT2D eigenvalue weighted by Crippen LogP contribution is 2.38. The maximum Gasteiger partial charge on any atom is 0.212 e. The highest BCUT2D eigenvalue weighted by Gasteiger charge is 2.32. The lowest BCUT2D eigenvalue weighted by atomic mass is 10.0. The van der Waals surface area contributed by atoms with Crippen LogP contribution in [0.1, 0.15) is 56.3 Å². The van der Waals surface area contributed by atoms with Crippen molar-refractivity contribution in [3.8, 4) is 6.07 Å². The average Bonchev–Trinajstić information content (AvgIpc) is 3.72. The quantitative estimate of drug-likeness (QED) is 0.178. The fourth-order valence-electron chi connectivity index (χ4n) is 4.82. The van der Waals surface area contributed by atoms with E-state index in [-0.39, 0.29) is 6.04 Å². The predicted octanol–water partition coefficient (Wildman–Crippen LogP) is 6.34. The van der Waals surface area contributed by atoms with Crippen LogP contribution < -0.4 is 21.6 Å². The van der Waals surface area contributed by atoms with Crippen LogP contribution in [0.15, 0.2) is 78.9 Å². The van der Waals surface area contributed by atoms with Gasteiger partial charge in [-0.15, -0.1) is 5.53 Å². The highest BCUT2D eigenvalue weighted by molar-refractivity contribution is 6.35. The third-order valence-corrected chi connectivity index (χ3v) is 7.35. The van der Waals surface area contributed by atoms with E-state index in [2.05, 4.69) is 44.6 Å². The Morgan fingerprint density at radius 2 is 1.98 bits per heavy atom. The Morgan fingerprint density at radius 1 is 1.15 bits per heavy atom. The van der Waals surface area contributed by atoms with Crippen molar-refractivity contribution in [2.24, 2.45) is 0 Å². The van der Waals surface area contributed by atoms with E-state index in [1.165, 1.54) is 24.5 Å². The molecule has 6 rings (SSSR count). The van der Waals surface area contributed by atoms with Gasteiger partial charge in [-0.25, -0.2) is 4.98 Å². The summed E-state index contributed by atoms with van der Waals surface area (Å²) in [7, 11) is 0. The van der Waals surface area contributed by atoms with Gasteiger partial charge in [0, 0.05) is 35.7 Å². The lowest BCUT2D eigenvalue weighted by molar-refractivity contribution is 0.260. The molecular formula is C30H28ClFN8. The summed E-state index contributed by atoms with van der Waals surface area (Å²) >= 11 is 6.76. The van der Waals surface area contributed by atoms with Crippen molar-refractivity contribution in [1.29, 1.82) is 5.26 Å². The van der Waals surface area contributed by atoms with Crippen LogP contribution in [-0.4, -0.2) is 21.0 Å². The first-order valence-corrected chi connectivity index (χ1v) is 13.5. The van der Waals surface area contributed by atoms with Gasteiger partial charge in [0.1, 0.15) is 6.07 Å². The average molecular weight is 556 g/mol. The number of hydrogen-bond donors (Lipinski definition) is 4. The maximum atomic E-state index is 13.8. The molecule has 0 amide bonds. The molecule has 1 fully saturated rings. The van der Waals surface area contributed by atoms with E-state index in [4.69, 9.17) is 11.6 Å². The third kappa shape index (κ3) is 5.24. The van der Waals surface area contributed by atoms with Gasteiger partial charge in [-0.05, 0) is 48.6 Å². The van der Waals surface area contributed by atoms with Gasteiger partial charge in [0.2, 0.25) is 5.95 Å². The molecule has 1 aliphatic heterocycles. The van der Waals surface area contributed by atoms with E-state index in [9.17, 15) is 11.0 Å². The molecule has 8 nitrogen and oxygen atoms in total. The summed E-state index contributed by atoms with van der Waals surface area (Å²) < 4.78 is 23.3. The van der Waals surface area contributed by atoms with Crippen LogP contribution >= 0.6 is 11.6 Å². The van der Waals surface area contributed by atoms with Crippen LogP contribution in [0.25, 0.3) is 10.9 Å². The second-order valence-electron chi connectivity index (χ2n) is 9.82. The number of benzene rings is 2. The van der Waals surface area contributed by atoms with Crippen molar-refractivity contribution in [3.05, 3.63) is 107 Å². The van der Waals surface area contributed by atoms with Crippen molar-refractivity contribution >= 4 is 33.9 Å². The molecule has 2 aromatic heterocycles. The molecule has 0 bridgehead atoms. The van der Waals surface area contributed by atoms with E-state index in [1.54, 1.807) is 6.07 Å². The molecule has 2 aliphatic rings. The number of halogens is 2. The largest absolute Gasteiger partial charge is 0.377 e. The second-order valence-corrected chi connectivity index (χ2v) is 10.2. The molecule has 2 aromatic carbocycles. The Hall–Kier alpha value is -4.39. The maximum absolute atomic E-state index is 13.8. The van der Waals surface area contributed by atoms with Crippen molar-refractivity contribution < 1.29 is 5.76 Å². The Morgan fingerprint density at radius 3 is 2.67 bits per heavy atom. The van der Waals surface area contributed by atoms with Gasteiger partial charge in [0.25, 0.3) is 0 Å². The molecule has 4 aromatic rings. The molecule has 0 unspecified atom stereocenters. The lowest BCUT2D eigenvalue weighted by Crippen LogP contribution is -2.38. The van der Waals surface area contributed by atoms with Gasteiger partial charge in [-0.2, -0.15) is 9.65 Å². The monoisotopic (exact) mass is 555 g/mol. The summed E-state index contributed by atoms with van der Waals surface area (Å²) in [6, 6.07) is 17.3. The third-order valence-electron chi connectivity index (χ3n) is 7.06. The number of anilines is 2. The lowest BCUT2D eigenvalue weighted by Gasteiger charge is -2.23. The molecule has 202 valence electrons. The smallest absolute Gasteiger partial charge is 0.212 e. The summed E-state index contributed by atoms with van der Waals surface area (Å²) in [4.78, 5) is 8.28. The van der Waals surface area contributed by atoms with Gasteiger partial charge in [-0.1, -0.05) is 54.9 Å². The standard InChI is InChI=1S/C30H28ClFN8/c1-2-25(18-6-4-3-5-7-18)37-28-20(14-33)16-35-30-23(28)12-21(13-24(30)31)36-29(19-8-11-27(32)34-15-19)26-17-40(39-38-26)22-9-10-22/h3-8,11-13,15-17,22,25,29,36,38-39H,2,9-10H2,1H3,(H,35,37)/t25-,29-/m1/s1/i29D.